The van der Waals surface area contributed by atoms with Crippen molar-refractivity contribution in [1.82, 2.24) is 10.3 Å². The largest absolute Gasteiger partial charge is 0.497 e. The molecule has 0 aliphatic heterocycles. The van der Waals surface area contributed by atoms with Crippen LogP contribution in [0.1, 0.15) is 50.4 Å². The smallest absolute Gasteiger partial charge is 0.122 e. The van der Waals surface area contributed by atoms with Crippen LogP contribution in [-0.4, -0.2) is 18.6 Å². The number of methoxy groups -OCH3 is 1. The summed E-state index contributed by atoms with van der Waals surface area (Å²) in [7, 11) is 1.70. The molecule has 1 aromatic heterocycles. The lowest BCUT2D eigenvalue weighted by Gasteiger charge is -2.27. The van der Waals surface area contributed by atoms with Gasteiger partial charge >= 0.3 is 0 Å². The minimum absolute atomic E-state index is 0.536. The van der Waals surface area contributed by atoms with Gasteiger partial charge in [-0.25, -0.2) is 0 Å². The number of pyridine rings is 1. The van der Waals surface area contributed by atoms with Crippen LogP contribution in [0.2, 0.25) is 0 Å². The highest BCUT2D eigenvalue weighted by Crippen LogP contribution is 2.40. The van der Waals surface area contributed by atoms with Gasteiger partial charge in [-0.1, -0.05) is 19.8 Å². The van der Waals surface area contributed by atoms with E-state index < -0.39 is 0 Å². The van der Waals surface area contributed by atoms with Crippen molar-refractivity contribution < 1.29 is 4.74 Å². The fourth-order valence-electron chi connectivity index (χ4n) is 3.15. The Hall–Kier alpha value is -1.09. The quantitative estimate of drug-likeness (QED) is 0.852. The van der Waals surface area contributed by atoms with E-state index in [1.165, 1.54) is 32.1 Å². The Morgan fingerprint density at radius 3 is 2.68 bits per heavy atom. The maximum Gasteiger partial charge on any atom is 0.122 e. The zero-order valence-corrected chi connectivity index (χ0v) is 12.5. The molecule has 1 aliphatic carbocycles. The molecule has 1 fully saturated rings. The second-order valence-electron chi connectivity index (χ2n) is 5.80. The van der Waals surface area contributed by atoms with Gasteiger partial charge in [0.05, 0.1) is 12.8 Å². The fourth-order valence-corrected chi connectivity index (χ4v) is 3.15. The number of rotatable bonds is 6. The van der Waals surface area contributed by atoms with Crippen LogP contribution in [0, 0.1) is 12.3 Å². The molecule has 106 valence electrons. The van der Waals surface area contributed by atoms with E-state index in [0.717, 1.165) is 30.2 Å². The molecule has 0 unspecified atom stereocenters. The number of nitrogens with zero attached hydrogens (tertiary/aromatic N) is 1. The molecule has 2 rings (SSSR count). The van der Waals surface area contributed by atoms with Crippen molar-refractivity contribution in [3.63, 3.8) is 0 Å². The molecule has 3 nitrogen and oxygen atoms in total. The van der Waals surface area contributed by atoms with Crippen LogP contribution >= 0.6 is 0 Å². The molecule has 0 aromatic carbocycles. The zero-order valence-electron chi connectivity index (χ0n) is 12.5. The van der Waals surface area contributed by atoms with Crippen molar-refractivity contribution in [2.24, 2.45) is 5.41 Å². The van der Waals surface area contributed by atoms with Crippen LogP contribution < -0.4 is 10.1 Å². The summed E-state index contributed by atoms with van der Waals surface area (Å²) in [5, 5.41) is 3.60. The van der Waals surface area contributed by atoms with Crippen molar-refractivity contribution in [3.05, 3.63) is 23.5 Å². The van der Waals surface area contributed by atoms with E-state index in [1.807, 2.05) is 19.1 Å². The summed E-state index contributed by atoms with van der Waals surface area (Å²) in [6.07, 6.45) is 6.82. The molecular formula is C16H26N2O. The first-order chi connectivity index (χ1) is 9.17. The SMILES string of the molecule is CCC1(CNCc2cc(OC)cc(C)n2)CCCC1. The predicted octanol–water partition coefficient (Wildman–Crippen LogP) is 3.46. The topological polar surface area (TPSA) is 34.1 Å². The fraction of sp³-hybridized carbons (Fsp3) is 0.688. The van der Waals surface area contributed by atoms with Crippen LogP contribution in [0.5, 0.6) is 5.75 Å². The van der Waals surface area contributed by atoms with Crippen LogP contribution in [0.3, 0.4) is 0 Å². The average molecular weight is 262 g/mol. The monoisotopic (exact) mass is 262 g/mol. The highest BCUT2D eigenvalue weighted by Gasteiger charge is 2.31. The lowest BCUT2D eigenvalue weighted by molar-refractivity contribution is 0.267. The zero-order chi connectivity index (χ0) is 13.7. The lowest BCUT2D eigenvalue weighted by atomic mass is 9.83. The Kier molecular flexibility index (Phi) is 4.81. The molecule has 3 heteroatoms. The van der Waals surface area contributed by atoms with Crippen molar-refractivity contribution in [3.8, 4) is 5.75 Å². The van der Waals surface area contributed by atoms with Gasteiger partial charge in [0.2, 0.25) is 0 Å². The predicted molar refractivity (Wildman–Crippen MR) is 78.4 cm³/mol. The Balaban J connectivity index is 1.90. The van der Waals surface area contributed by atoms with Crippen molar-refractivity contribution in [1.29, 1.82) is 0 Å². The highest BCUT2D eigenvalue weighted by atomic mass is 16.5. The maximum absolute atomic E-state index is 5.29. The summed E-state index contributed by atoms with van der Waals surface area (Å²) < 4.78 is 5.29. The van der Waals surface area contributed by atoms with Gasteiger partial charge in [0.1, 0.15) is 5.75 Å². The third kappa shape index (κ3) is 3.69. The molecule has 1 saturated carbocycles. The van der Waals surface area contributed by atoms with Gasteiger partial charge in [0, 0.05) is 30.9 Å². The molecule has 0 bridgehead atoms. The molecule has 0 spiro atoms. The van der Waals surface area contributed by atoms with E-state index >= 15 is 0 Å². The Morgan fingerprint density at radius 1 is 1.32 bits per heavy atom. The molecule has 19 heavy (non-hydrogen) atoms. The molecule has 0 saturated heterocycles. The minimum Gasteiger partial charge on any atom is -0.497 e. The first-order valence-electron chi connectivity index (χ1n) is 7.40. The molecule has 1 aromatic rings. The number of ether oxygens (including phenoxy) is 1. The number of hydrogen-bond donors (Lipinski definition) is 1. The van der Waals surface area contributed by atoms with E-state index in [0.29, 0.717) is 5.41 Å². The van der Waals surface area contributed by atoms with Crippen LogP contribution in [0.25, 0.3) is 0 Å². The molecule has 0 radical (unpaired) electrons. The molecule has 0 atom stereocenters. The van der Waals surface area contributed by atoms with Gasteiger partial charge in [0.25, 0.3) is 0 Å². The number of aromatic nitrogens is 1. The van der Waals surface area contributed by atoms with Gasteiger partial charge in [-0.3, -0.25) is 4.98 Å². The highest BCUT2D eigenvalue weighted by molar-refractivity contribution is 5.26. The summed E-state index contributed by atoms with van der Waals surface area (Å²) in [6, 6.07) is 3.99. The second kappa shape index (κ2) is 6.38. The van der Waals surface area contributed by atoms with Crippen LogP contribution in [-0.2, 0) is 6.54 Å². The third-order valence-electron chi connectivity index (χ3n) is 4.44. The van der Waals surface area contributed by atoms with Crippen LogP contribution in [0.4, 0.5) is 0 Å². The number of hydrogen-bond acceptors (Lipinski definition) is 3. The maximum atomic E-state index is 5.29. The summed E-state index contributed by atoms with van der Waals surface area (Å²) in [4.78, 5) is 4.55. The molecule has 1 heterocycles. The van der Waals surface area contributed by atoms with E-state index in [9.17, 15) is 0 Å². The van der Waals surface area contributed by atoms with Crippen molar-refractivity contribution >= 4 is 0 Å². The number of nitrogens with one attached hydrogen (secondary N) is 1. The lowest BCUT2D eigenvalue weighted by Crippen LogP contribution is -2.31. The average Bonchev–Trinajstić information content (AvgIpc) is 2.87. The Labute approximate surface area is 116 Å². The summed E-state index contributed by atoms with van der Waals surface area (Å²) in [5.41, 5.74) is 2.62. The van der Waals surface area contributed by atoms with E-state index in [2.05, 4.69) is 17.2 Å². The minimum atomic E-state index is 0.536. The summed E-state index contributed by atoms with van der Waals surface area (Å²) in [5.74, 6) is 0.898. The second-order valence-corrected chi connectivity index (χ2v) is 5.80. The molecule has 0 amide bonds. The van der Waals surface area contributed by atoms with Crippen molar-refractivity contribution in [2.75, 3.05) is 13.7 Å². The summed E-state index contributed by atoms with van der Waals surface area (Å²) >= 11 is 0. The normalized spacial score (nSPS) is 17.6. The van der Waals surface area contributed by atoms with E-state index in [1.54, 1.807) is 7.11 Å². The summed E-state index contributed by atoms with van der Waals surface area (Å²) in [6.45, 7) is 6.28. The standard InChI is InChI=1S/C16H26N2O/c1-4-16(7-5-6-8-16)12-17-11-14-10-15(19-3)9-13(2)18-14/h9-10,17H,4-8,11-12H2,1-3H3. The van der Waals surface area contributed by atoms with Crippen molar-refractivity contribution in [2.45, 2.75) is 52.5 Å². The Bertz CT molecular complexity index is 411. The van der Waals surface area contributed by atoms with Gasteiger partial charge in [0.15, 0.2) is 0 Å². The van der Waals surface area contributed by atoms with Gasteiger partial charge in [-0.2, -0.15) is 0 Å². The van der Waals surface area contributed by atoms with Gasteiger partial charge < -0.3 is 10.1 Å². The van der Waals surface area contributed by atoms with Crippen LogP contribution in [0.15, 0.2) is 12.1 Å². The third-order valence-corrected chi connectivity index (χ3v) is 4.44. The molecule has 1 aliphatic rings. The number of aryl methyl sites for hydroxylation is 1. The van der Waals surface area contributed by atoms with Gasteiger partial charge in [-0.15, -0.1) is 0 Å². The molecule has 1 N–H and O–H groups in total. The van der Waals surface area contributed by atoms with E-state index in [-0.39, 0.29) is 0 Å². The first kappa shape index (κ1) is 14.3. The Morgan fingerprint density at radius 2 is 2.05 bits per heavy atom. The van der Waals surface area contributed by atoms with E-state index in [4.69, 9.17) is 4.74 Å². The molecular weight excluding hydrogens is 236 g/mol. The first-order valence-corrected chi connectivity index (χ1v) is 7.40. The van der Waals surface area contributed by atoms with Gasteiger partial charge in [-0.05, 0) is 31.6 Å².